The normalized spacial score (nSPS) is 21.4. The Morgan fingerprint density at radius 3 is 2.82 bits per heavy atom. The molecule has 1 fully saturated rings. The number of carbonyl (C=O) groups excluding carboxylic acids is 1. The van der Waals surface area contributed by atoms with Crippen molar-refractivity contribution in [3.05, 3.63) is 12.2 Å². The lowest BCUT2D eigenvalue weighted by Crippen LogP contribution is -2.44. The number of rotatable bonds is 5. The van der Waals surface area contributed by atoms with E-state index < -0.39 is 0 Å². The molecule has 0 aromatic heterocycles. The highest BCUT2D eigenvalue weighted by Crippen LogP contribution is 2.34. The molecule has 0 aromatic rings. The van der Waals surface area contributed by atoms with Crippen molar-refractivity contribution in [3.63, 3.8) is 0 Å². The molecular formula is C14H25NO2. The molecule has 0 bridgehead atoms. The van der Waals surface area contributed by atoms with E-state index in [2.05, 4.69) is 26.0 Å². The van der Waals surface area contributed by atoms with Crippen LogP contribution in [-0.4, -0.2) is 30.2 Å². The highest BCUT2D eigenvalue weighted by atomic mass is 16.5. The largest absolute Gasteiger partial charge is 0.356 e. The number of allylic oxidation sites excluding steroid dienone is 2. The van der Waals surface area contributed by atoms with E-state index in [4.69, 9.17) is 4.74 Å². The molecule has 1 rings (SSSR count). The lowest BCUT2D eigenvalue weighted by molar-refractivity contribution is -0.140. The van der Waals surface area contributed by atoms with Crippen LogP contribution >= 0.6 is 0 Å². The van der Waals surface area contributed by atoms with E-state index in [-0.39, 0.29) is 17.6 Å². The zero-order valence-electron chi connectivity index (χ0n) is 11.5. The monoisotopic (exact) mass is 239 g/mol. The molecule has 3 heteroatoms. The van der Waals surface area contributed by atoms with Gasteiger partial charge in [0.05, 0.1) is 6.61 Å². The number of nitrogens with zero attached hydrogens (tertiary/aromatic N) is 1. The first-order valence-electron chi connectivity index (χ1n) is 6.49. The minimum atomic E-state index is -0.0504. The number of amides is 1. The van der Waals surface area contributed by atoms with Crippen LogP contribution in [0.1, 0.15) is 47.0 Å². The topological polar surface area (TPSA) is 29.5 Å². The third-order valence-electron chi connectivity index (χ3n) is 3.39. The van der Waals surface area contributed by atoms with Gasteiger partial charge in [-0.25, -0.2) is 0 Å². The summed E-state index contributed by atoms with van der Waals surface area (Å²) in [6.45, 7) is 9.45. The molecule has 0 aromatic carbocycles. The van der Waals surface area contributed by atoms with Gasteiger partial charge in [-0.3, -0.25) is 4.79 Å². The molecule has 1 saturated heterocycles. The molecule has 98 valence electrons. The average Bonchev–Trinajstić information content (AvgIpc) is 2.74. The SMILES string of the molecule is C/C=C/CCCC(C)(C)C1OCCN1C(C)=O. The van der Waals surface area contributed by atoms with Crippen LogP contribution in [0, 0.1) is 5.41 Å². The molecular weight excluding hydrogens is 214 g/mol. The lowest BCUT2D eigenvalue weighted by Gasteiger charge is -2.36. The first-order valence-corrected chi connectivity index (χ1v) is 6.49. The Kier molecular flexibility index (Phi) is 5.19. The minimum Gasteiger partial charge on any atom is -0.356 e. The predicted octanol–water partition coefficient (Wildman–Crippen LogP) is 2.96. The van der Waals surface area contributed by atoms with Crippen molar-refractivity contribution in [1.29, 1.82) is 0 Å². The summed E-state index contributed by atoms with van der Waals surface area (Å²) in [7, 11) is 0. The van der Waals surface area contributed by atoms with Gasteiger partial charge in [-0.05, 0) is 26.2 Å². The lowest BCUT2D eigenvalue weighted by atomic mass is 9.84. The highest BCUT2D eigenvalue weighted by molar-refractivity contribution is 5.73. The van der Waals surface area contributed by atoms with Gasteiger partial charge in [0.15, 0.2) is 0 Å². The van der Waals surface area contributed by atoms with E-state index in [1.807, 2.05) is 11.8 Å². The quantitative estimate of drug-likeness (QED) is 0.545. The summed E-state index contributed by atoms with van der Waals surface area (Å²) in [6, 6.07) is 0. The van der Waals surface area contributed by atoms with Crippen molar-refractivity contribution < 1.29 is 9.53 Å². The molecule has 1 aliphatic rings. The number of hydrogen-bond donors (Lipinski definition) is 0. The Bertz CT molecular complexity index is 284. The first-order chi connectivity index (χ1) is 7.99. The van der Waals surface area contributed by atoms with Gasteiger partial charge >= 0.3 is 0 Å². The van der Waals surface area contributed by atoms with Gasteiger partial charge in [-0.1, -0.05) is 26.0 Å². The van der Waals surface area contributed by atoms with Gasteiger partial charge in [0, 0.05) is 18.9 Å². The first kappa shape index (κ1) is 14.2. The summed E-state index contributed by atoms with van der Waals surface area (Å²) in [5, 5.41) is 0. The van der Waals surface area contributed by atoms with E-state index in [0.29, 0.717) is 6.61 Å². The van der Waals surface area contributed by atoms with E-state index >= 15 is 0 Å². The number of unbranched alkanes of at least 4 members (excludes halogenated alkanes) is 1. The molecule has 1 amide bonds. The summed E-state index contributed by atoms with van der Waals surface area (Å²) >= 11 is 0. The van der Waals surface area contributed by atoms with Gasteiger partial charge < -0.3 is 9.64 Å². The molecule has 17 heavy (non-hydrogen) atoms. The molecule has 1 unspecified atom stereocenters. The second kappa shape index (κ2) is 6.20. The molecule has 3 nitrogen and oxygen atoms in total. The van der Waals surface area contributed by atoms with Gasteiger partial charge in [0.2, 0.25) is 5.91 Å². The van der Waals surface area contributed by atoms with E-state index in [1.165, 1.54) is 0 Å². The van der Waals surface area contributed by atoms with Crippen LogP contribution in [0.25, 0.3) is 0 Å². The number of carbonyl (C=O) groups is 1. The van der Waals surface area contributed by atoms with Crippen molar-refractivity contribution in [3.8, 4) is 0 Å². The molecule has 0 saturated carbocycles. The third kappa shape index (κ3) is 3.84. The fraction of sp³-hybridized carbons (Fsp3) is 0.786. The van der Waals surface area contributed by atoms with Crippen molar-refractivity contribution in [2.75, 3.05) is 13.2 Å². The molecule has 0 N–H and O–H groups in total. The number of ether oxygens (including phenoxy) is 1. The standard InChI is InChI=1S/C14H25NO2/c1-5-6-7-8-9-14(3,4)13-15(12(2)16)10-11-17-13/h5-6,13H,7-11H2,1-4H3/b6-5+. The summed E-state index contributed by atoms with van der Waals surface area (Å²) < 4.78 is 5.74. The molecule has 0 radical (unpaired) electrons. The van der Waals surface area contributed by atoms with Crippen molar-refractivity contribution >= 4 is 5.91 Å². The van der Waals surface area contributed by atoms with Crippen LogP contribution in [0.15, 0.2) is 12.2 Å². The Labute approximate surface area is 105 Å². The second-order valence-corrected chi connectivity index (χ2v) is 5.39. The average molecular weight is 239 g/mol. The molecule has 0 spiro atoms. The van der Waals surface area contributed by atoms with Crippen LogP contribution in [0.5, 0.6) is 0 Å². The van der Waals surface area contributed by atoms with Gasteiger partial charge in [-0.15, -0.1) is 0 Å². The van der Waals surface area contributed by atoms with Crippen LogP contribution in [0.4, 0.5) is 0 Å². The smallest absolute Gasteiger partial charge is 0.221 e. The fourth-order valence-electron chi connectivity index (χ4n) is 2.41. The van der Waals surface area contributed by atoms with E-state index in [9.17, 15) is 4.79 Å². The zero-order valence-corrected chi connectivity index (χ0v) is 11.5. The van der Waals surface area contributed by atoms with Crippen molar-refractivity contribution in [2.45, 2.75) is 53.2 Å². The summed E-state index contributed by atoms with van der Waals surface area (Å²) in [5.74, 6) is 0.119. The summed E-state index contributed by atoms with van der Waals surface area (Å²) in [4.78, 5) is 13.4. The maximum absolute atomic E-state index is 11.5. The zero-order chi connectivity index (χ0) is 12.9. The fourth-order valence-corrected chi connectivity index (χ4v) is 2.41. The molecule has 0 aliphatic carbocycles. The number of hydrogen-bond acceptors (Lipinski definition) is 2. The Balaban J connectivity index is 2.53. The predicted molar refractivity (Wildman–Crippen MR) is 69.6 cm³/mol. The minimum absolute atomic E-state index is 0.0315. The second-order valence-electron chi connectivity index (χ2n) is 5.39. The van der Waals surface area contributed by atoms with Crippen LogP contribution < -0.4 is 0 Å². The van der Waals surface area contributed by atoms with Crippen molar-refractivity contribution in [2.24, 2.45) is 5.41 Å². The van der Waals surface area contributed by atoms with E-state index in [0.717, 1.165) is 25.8 Å². The highest BCUT2D eigenvalue weighted by Gasteiger charge is 2.39. The van der Waals surface area contributed by atoms with Gasteiger partial charge in [0.25, 0.3) is 0 Å². The summed E-state index contributed by atoms with van der Waals surface area (Å²) in [6.07, 6.45) is 7.54. The Morgan fingerprint density at radius 2 is 2.24 bits per heavy atom. The van der Waals surface area contributed by atoms with Crippen molar-refractivity contribution in [1.82, 2.24) is 4.90 Å². The van der Waals surface area contributed by atoms with E-state index in [1.54, 1.807) is 6.92 Å². The molecule has 1 atom stereocenters. The Hall–Kier alpha value is -0.830. The van der Waals surface area contributed by atoms with Crippen LogP contribution in [0.3, 0.4) is 0 Å². The third-order valence-corrected chi connectivity index (χ3v) is 3.39. The molecule has 1 aliphatic heterocycles. The van der Waals surface area contributed by atoms with Crippen LogP contribution in [0.2, 0.25) is 0 Å². The maximum Gasteiger partial charge on any atom is 0.221 e. The van der Waals surface area contributed by atoms with Gasteiger partial charge in [-0.2, -0.15) is 0 Å². The van der Waals surface area contributed by atoms with Gasteiger partial charge in [0.1, 0.15) is 6.23 Å². The van der Waals surface area contributed by atoms with Crippen LogP contribution in [-0.2, 0) is 9.53 Å². The molecule has 1 heterocycles. The Morgan fingerprint density at radius 1 is 1.53 bits per heavy atom. The summed E-state index contributed by atoms with van der Waals surface area (Å²) in [5.41, 5.74) is 0.0315. The maximum atomic E-state index is 11.5.